The van der Waals surface area contributed by atoms with Gasteiger partial charge < -0.3 is 13.6 Å². The molecule has 0 aliphatic heterocycles. The van der Waals surface area contributed by atoms with Crippen molar-refractivity contribution in [3.8, 4) is 0 Å². The number of aldehydes is 1. The van der Waals surface area contributed by atoms with Crippen LogP contribution < -0.4 is 0 Å². The predicted molar refractivity (Wildman–Crippen MR) is 138 cm³/mol. The topological polar surface area (TPSA) is 52.6 Å². The Bertz CT molecular complexity index is 610. The molecule has 0 saturated carbocycles. The van der Waals surface area contributed by atoms with Crippen molar-refractivity contribution in [2.45, 2.75) is 131 Å². The summed E-state index contributed by atoms with van der Waals surface area (Å²) in [5.74, 6) is 0.0615. The first kappa shape index (κ1) is 30.7. The molecule has 0 N–H and O–H groups in total. The number of ketones is 1. The van der Waals surface area contributed by atoms with E-state index in [2.05, 4.69) is 81.6 Å². The van der Waals surface area contributed by atoms with Crippen molar-refractivity contribution >= 4 is 28.7 Å². The molecule has 31 heavy (non-hydrogen) atoms. The van der Waals surface area contributed by atoms with Gasteiger partial charge in [-0.25, -0.2) is 0 Å². The van der Waals surface area contributed by atoms with Crippen molar-refractivity contribution in [3.63, 3.8) is 0 Å². The molecule has 0 aliphatic rings. The smallest absolute Gasteiger partial charge is 0.192 e. The lowest BCUT2D eigenvalue weighted by atomic mass is 9.73. The summed E-state index contributed by atoms with van der Waals surface area (Å²) in [5, 5.41) is 0.0781. The lowest BCUT2D eigenvalue weighted by molar-refractivity contribution is -0.140. The molecule has 0 rings (SSSR count). The summed E-state index contributed by atoms with van der Waals surface area (Å²) in [5.41, 5.74) is -0.778. The Hall–Kier alpha value is -0.306. The van der Waals surface area contributed by atoms with Gasteiger partial charge in [-0.1, -0.05) is 76.2 Å². The largest absolute Gasteiger partial charge is 0.413 e. The van der Waals surface area contributed by atoms with E-state index in [-0.39, 0.29) is 40.2 Å². The fraction of sp³-hybridized carbons (Fsp3) is 0.920. The average Bonchev–Trinajstić information content (AvgIpc) is 2.55. The standard InChI is InChI=1S/C25H52O4Si2/c1-18(2)21(29-31(14,15)24(7,8)9)19(3)22(27)25(10,11)20(16-17-26)28-30(12,13)23(4,5)6/h17-21H,16H2,1-15H3/t19-,20+,21-/m1/s1. The van der Waals surface area contributed by atoms with E-state index in [1.54, 1.807) is 0 Å². The molecule has 0 amide bonds. The molecular weight excluding hydrogens is 420 g/mol. The van der Waals surface area contributed by atoms with Gasteiger partial charge in [-0.2, -0.15) is 0 Å². The monoisotopic (exact) mass is 472 g/mol. The summed E-state index contributed by atoms with van der Waals surface area (Å²) in [6.07, 6.45) is 0.538. The molecular formula is C25H52O4Si2. The third kappa shape index (κ3) is 7.61. The normalized spacial score (nSPS) is 17.4. The van der Waals surface area contributed by atoms with E-state index < -0.39 is 28.2 Å². The van der Waals surface area contributed by atoms with Crippen molar-refractivity contribution in [2.75, 3.05) is 0 Å². The van der Waals surface area contributed by atoms with Crippen molar-refractivity contribution in [1.82, 2.24) is 0 Å². The number of rotatable bonds is 11. The fourth-order valence-electron chi connectivity index (χ4n) is 3.34. The first-order chi connectivity index (χ1) is 13.5. The summed E-state index contributed by atoms with van der Waals surface area (Å²) in [6, 6.07) is 0. The second-order valence-electron chi connectivity index (χ2n) is 13.2. The van der Waals surface area contributed by atoms with Gasteiger partial charge in [0, 0.05) is 17.8 Å². The third-order valence-corrected chi connectivity index (χ3v) is 16.8. The number of Topliss-reactive ketones (excluding diaryl/α,β-unsaturated/α-hetero) is 1. The maximum absolute atomic E-state index is 13.9. The molecule has 0 saturated heterocycles. The van der Waals surface area contributed by atoms with Gasteiger partial charge >= 0.3 is 0 Å². The molecule has 4 nitrogen and oxygen atoms in total. The van der Waals surface area contributed by atoms with Crippen LogP contribution in [0.3, 0.4) is 0 Å². The molecule has 6 heteroatoms. The van der Waals surface area contributed by atoms with Crippen LogP contribution in [0.25, 0.3) is 0 Å². The van der Waals surface area contributed by atoms with Crippen molar-refractivity contribution in [3.05, 3.63) is 0 Å². The van der Waals surface area contributed by atoms with Gasteiger partial charge in [0.1, 0.15) is 12.1 Å². The van der Waals surface area contributed by atoms with Gasteiger partial charge in [0.05, 0.1) is 12.2 Å². The van der Waals surface area contributed by atoms with E-state index in [0.29, 0.717) is 0 Å². The maximum atomic E-state index is 13.9. The second-order valence-corrected chi connectivity index (χ2v) is 22.7. The minimum atomic E-state index is -2.14. The Morgan fingerprint density at radius 2 is 1.19 bits per heavy atom. The van der Waals surface area contributed by atoms with Crippen LogP contribution in [-0.4, -0.2) is 40.9 Å². The SMILES string of the molecule is CC(C)[C@@H](O[Si](C)(C)C(C)(C)C)[C@@H](C)C(=O)C(C)(C)[C@H](CC=O)O[Si](C)(C)C(C)(C)C. The molecule has 0 spiro atoms. The first-order valence-corrected chi connectivity index (χ1v) is 17.7. The van der Waals surface area contributed by atoms with E-state index in [1.807, 2.05) is 20.8 Å². The van der Waals surface area contributed by atoms with Crippen molar-refractivity contribution < 1.29 is 18.4 Å². The third-order valence-electron chi connectivity index (χ3n) is 7.79. The van der Waals surface area contributed by atoms with Crippen molar-refractivity contribution in [1.29, 1.82) is 0 Å². The Balaban J connectivity index is 5.97. The molecule has 0 aromatic carbocycles. The van der Waals surface area contributed by atoms with Crippen LogP contribution in [0.15, 0.2) is 0 Å². The van der Waals surface area contributed by atoms with E-state index >= 15 is 0 Å². The number of hydrogen-bond donors (Lipinski definition) is 0. The average molecular weight is 473 g/mol. The van der Waals surface area contributed by atoms with E-state index in [9.17, 15) is 9.59 Å². The molecule has 0 unspecified atom stereocenters. The molecule has 0 aromatic rings. The van der Waals surface area contributed by atoms with Crippen LogP contribution in [-0.2, 0) is 18.4 Å². The summed E-state index contributed by atoms with van der Waals surface area (Å²) in [7, 11) is -4.18. The maximum Gasteiger partial charge on any atom is 0.192 e. The van der Waals surface area contributed by atoms with E-state index in [1.165, 1.54) is 0 Å². The fourth-order valence-corrected chi connectivity index (χ4v) is 6.30. The van der Waals surface area contributed by atoms with Crippen LogP contribution in [0.2, 0.25) is 36.3 Å². The van der Waals surface area contributed by atoms with Gasteiger partial charge in [0.2, 0.25) is 0 Å². The zero-order valence-electron chi connectivity index (χ0n) is 23.2. The molecule has 0 aromatic heterocycles. The molecule has 0 heterocycles. The zero-order chi connectivity index (χ0) is 25.2. The summed E-state index contributed by atoms with van der Waals surface area (Å²) in [6.45, 7) is 32.1. The van der Waals surface area contributed by atoms with Gasteiger partial charge in [-0.3, -0.25) is 4.79 Å². The quantitative estimate of drug-likeness (QED) is 0.235. The van der Waals surface area contributed by atoms with E-state index in [4.69, 9.17) is 8.85 Å². The molecule has 0 bridgehead atoms. The number of hydrogen-bond acceptors (Lipinski definition) is 4. The van der Waals surface area contributed by atoms with Crippen LogP contribution in [0.1, 0.15) is 82.6 Å². The lowest BCUT2D eigenvalue weighted by Gasteiger charge is -2.46. The summed E-state index contributed by atoms with van der Waals surface area (Å²) >= 11 is 0. The van der Waals surface area contributed by atoms with Gasteiger partial charge in [-0.05, 0) is 42.2 Å². The van der Waals surface area contributed by atoms with Gasteiger partial charge in [0.25, 0.3) is 0 Å². The second kappa shape index (κ2) is 10.3. The minimum Gasteiger partial charge on any atom is -0.413 e. The van der Waals surface area contributed by atoms with Crippen LogP contribution in [0, 0.1) is 17.3 Å². The number of carbonyl (C=O) groups is 2. The minimum absolute atomic E-state index is 0.00475. The number of carbonyl (C=O) groups excluding carboxylic acids is 2. The highest BCUT2D eigenvalue weighted by Gasteiger charge is 2.48. The predicted octanol–water partition coefficient (Wildman–Crippen LogP) is 7.24. The zero-order valence-corrected chi connectivity index (χ0v) is 25.2. The Morgan fingerprint density at radius 1 is 0.806 bits per heavy atom. The highest BCUT2D eigenvalue weighted by atomic mass is 28.4. The van der Waals surface area contributed by atoms with Gasteiger partial charge in [0.15, 0.2) is 16.6 Å². The molecule has 184 valence electrons. The molecule has 0 fully saturated rings. The Morgan fingerprint density at radius 3 is 1.52 bits per heavy atom. The highest BCUT2D eigenvalue weighted by molar-refractivity contribution is 6.74. The molecule has 3 atom stereocenters. The van der Waals surface area contributed by atoms with Crippen LogP contribution >= 0.6 is 0 Å². The molecule has 0 aliphatic carbocycles. The summed E-state index contributed by atoms with van der Waals surface area (Å²) in [4.78, 5) is 25.4. The van der Waals surface area contributed by atoms with E-state index in [0.717, 1.165) is 6.29 Å². The van der Waals surface area contributed by atoms with Crippen molar-refractivity contribution in [2.24, 2.45) is 17.3 Å². The Kier molecular flexibility index (Phi) is 10.2. The summed E-state index contributed by atoms with van der Waals surface area (Å²) < 4.78 is 13.4. The molecule has 0 radical (unpaired) electrons. The Labute approximate surface area is 195 Å². The highest BCUT2D eigenvalue weighted by Crippen LogP contribution is 2.43. The van der Waals surface area contributed by atoms with Crippen LogP contribution in [0.5, 0.6) is 0 Å². The first-order valence-electron chi connectivity index (χ1n) is 11.9. The van der Waals surface area contributed by atoms with Gasteiger partial charge in [-0.15, -0.1) is 0 Å². The lowest BCUT2D eigenvalue weighted by Crippen LogP contribution is -2.54. The van der Waals surface area contributed by atoms with Crippen LogP contribution in [0.4, 0.5) is 0 Å².